The first-order valence-corrected chi connectivity index (χ1v) is 14.1. The number of benzene rings is 2. The van der Waals surface area contributed by atoms with Crippen LogP contribution in [0.25, 0.3) is 10.2 Å². The standard InChI is InChI=1S/C30H29N5O4S/c1-3-26(36)35-14-5-6-22-24(35)7-4-8-25(22)39-28-27-23(13-19-40-27)31-30(32-28)38-21-11-9-20(10-12-21)29(37)34-17-15-33(2)16-18-34/h3-4,7-13,19H,1,5-6,14-18H2,2H3. The molecule has 4 aromatic rings. The molecule has 0 unspecified atom stereocenters. The van der Waals surface area contributed by atoms with Crippen molar-refractivity contribution >= 4 is 39.1 Å². The molecular weight excluding hydrogens is 526 g/mol. The second kappa shape index (κ2) is 11.1. The Kier molecular flexibility index (Phi) is 7.19. The van der Waals surface area contributed by atoms with Crippen LogP contribution in [-0.2, 0) is 11.2 Å². The molecule has 2 aromatic heterocycles. The Hall–Kier alpha value is -4.28. The van der Waals surface area contributed by atoms with Crippen molar-refractivity contribution in [1.29, 1.82) is 0 Å². The number of fused-ring (bicyclic) bond motifs is 2. The van der Waals surface area contributed by atoms with E-state index in [4.69, 9.17) is 9.47 Å². The van der Waals surface area contributed by atoms with Gasteiger partial charge in [-0.2, -0.15) is 9.97 Å². The maximum Gasteiger partial charge on any atom is 0.325 e. The van der Waals surface area contributed by atoms with Gasteiger partial charge in [-0.05, 0) is 73.8 Å². The van der Waals surface area contributed by atoms with Gasteiger partial charge in [0, 0.05) is 43.9 Å². The summed E-state index contributed by atoms with van der Waals surface area (Å²) < 4.78 is 13.2. The summed E-state index contributed by atoms with van der Waals surface area (Å²) >= 11 is 1.48. The molecule has 10 heteroatoms. The predicted octanol–water partition coefficient (Wildman–Crippen LogP) is 5.13. The topological polar surface area (TPSA) is 88.1 Å². The molecule has 0 atom stereocenters. The fraction of sp³-hybridized carbons (Fsp3) is 0.267. The Bertz CT molecular complexity index is 1580. The molecule has 1 saturated heterocycles. The number of hydrogen-bond acceptors (Lipinski definition) is 8. The molecule has 204 valence electrons. The molecule has 6 rings (SSSR count). The summed E-state index contributed by atoms with van der Waals surface area (Å²) in [5, 5.41) is 1.93. The summed E-state index contributed by atoms with van der Waals surface area (Å²) in [7, 11) is 2.06. The summed E-state index contributed by atoms with van der Waals surface area (Å²) in [4.78, 5) is 40.3. The fourth-order valence-corrected chi connectivity index (χ4v) is 5.78. The Morgan fingerprint density at radius 2 is 1.77 bits per heavy atom. The van der Waals surface area contributed by atoms with Crippen LogP contribution in [0.15, 0.2) is 66.6 Å². The number of carbonyl (C=O) groups is 2. The molecule has 4 heterocycles. The van der Waals surface area contributed by atoms with Crippen molar-refractivity contribution in [2.75, 3.05) is 44.7 Å². The van der Waals surface area contributed by atoms with Crippen molar-refractivity contribution in [3.05, 3.63) is 77.7 Å². The van der Waals surface area contributed by atoms with Crippen LogP contribution in [0.2, 0.25) is 0 Å². The van der Waals surface area contributed by atoms with E-state index in [-0.39, 0.29) is 17.8 Å². The fourth-order valence-electron chi connectivity index (χ4n) is 5.03. The summed E-state index contributed by atoms with van der Waals surface area (Å²) in [5.74, 6) is 1.44. The minimum atomic E-state index is -0.132. The molecule has 0 aliphatic carbocycles. The second-order valence-electron chi connectivity index (χ2n) is 9.82. The van der Waals surface area contributed by atoms with Gasteiger partial charge in [-0.15, -0.1) is 11.3 Å². The quantitative estimate of drug-likeness (QED) is 0.305. The molecule has 2 aliphatic heterocycles. The molecule has 2 aromatic carbocycles. The maximum atomic E-state index is 12.9. The normalized spacial score (nSPS) is 15.5. The van der Waals surface area contributed by atoms with Gasteiger partial charge in [0.2, 0.25) is 11.8 Å². The van der Waals surface area contributed by atoms with E-state index in [2.05, 4.69) is 28.5 Å². The highest BCUT2D eigenvalue weighted by Crippen LogP contribution is 2.39. The molecule has 2 aliphatic rings. The molecule has 9 nitrogen and oxygen atoms in total. The Morgan fingerprint density at radius 3 is 2.55 bits per heavy atom. The maximum absolute atomic E-state index is 12.9. The molecule has 2 amide bonds. The minimum absolute atomic E-state index is 0.0193. The Labute approximate surface area is 236 Å². The summed E-state index contributed by atoms with van der Waals surface area (Å²) in [6.45, 7) is 7.46. The molecule has 0 spiro atoms. The number of nitrogens with zero attached hydrogens (tertiary/aromatic N) is 5. The number of rotatable bonds is 6. The molecule has 1 fully saturated rings. The summed E-state index contributed by atoms with van der Waals surface area (Å²) in [6, 6.07) is 14.8. The van der Waals surface area contributed by atoms with E-state index >= 15 is 0 Å². The van der Waals surface area contributed by atoms with Crippen LogP contribution in [-0.4, -0.2) is 71.4 Å². The second-order valence-corrected chi connectivity index (χ2v) is 10.7. The third kappa shape index (κ3) is 5.15. The van der Waals surface area contributed by atoms with Crippen molar-refractivity contribution in [3.63, 3.8) is 0 Å². The van der Waals surface area contributed by atoms with Gasteiger partial charge < -0.3 is 24.2 Å². The minimum Gasteiger partial charge on any atom is -0.437 e. The number of hydrogen-bond donors (Lipinski definition) is 0. The van der Waals surface area contributed by atoms with Gasteiger partial charge in [0.05, 0.1) is 11.2 Å². The van der Waals surface area contributed by atoms with Gasteiger partial charge in [0.25, 0.3) is 5.91 Å². The smallest absolute Gasteiger partial charge is 0.325 e. The summed E-state index contributed by atoms with van der Waals surface area (Å²) in [5.41, 5.74) is 3.11. The van der Waals surface area contributed by atoms with Gasteiger partial charge in [0.15, 0.2) is 0 Å². The van der Waals surface area contributed by atoms with Gasteiger partial charge in [-0.25, -0.2) is 0 Å². The van der Waals surface area contributed by atoms with Crippen molar-refractivity contribution in [2.24, 2.45) is 0 Å². The molecule has 0 bridgehead atoms. The van der Waals surface area contributed by atoms with E-state index in [0.717, 1.165) is 55.0 Å². The monoisotopic (exact) mass is 555 g/mol. The Balaban J connectivity index is 1.24. The zero-order valence-electron chi connectivity index (χ0n) is 22.2. The summed E-state index contributed by atoms with van der Waals surface area (Å²) in [6.07, 6.45) is 2.95. The van der Waals surface area contributed by atoms with Gasteiger partial charge >= 0.3 is 6.01 Å². The number of carbonyl (C=O) groups excluding carboxylic acids is 2. The van der Waals surface area contributed by atoms with Crippen molar-refractivity contribution in [3.8, 4) is 23.4 Å². The molecular formula is C30H29N5O4S. The van der Waals surface area contributed by atoms with Crippen LogP contribution in [0.4, 0.5) is 5.69 Å². The van der Waals surface area contributed by atoms with Crippen molar-refractivity contribution < 1.29 is 19.1 Å². The van der Waals surface area contributed by atoms with Gasteiger partial charge in [-0.3, -0.25) is 9.59 Å². The molecule has 40 heavy (non-hydrogen) atoms. The molecule has 0 saturated carbocycles. The van der Waals surface area contributed by atoms with Crippen molar-refractivity contribution in [1.82, 2.24) is 19.8 Å². The number of thiophene rings is 1. The van der Waals surface area contributed by atoms with E-state index < -0.39 is 0 Å². The van der Waals surface area contributed by atoms with Gasteiger partial charge in [0.1, 0.15) is 16.2 Å². The largest absolute Gasteiger partial charge is 0.437 e. The number of anilines is 1. The van der Waals surface area contributed by atoms with Crippen LogP contribution in [0.5, 0.6) is 23.4 Å². The van der Waals surface area contributed by atoms with Crippen LogP contribution >= 0.6 is 11.3 Å². The zero-order valence-corrected chi connectivity index (χ0v) is 23.0. The third-order valence-corrected chi connectivity index (χ3v) is 8.10. The lowest BCUT2D eigenvalue weighted by atomic mass is 10.0. The van der Waals surface area contributed by atoms with Crippen LogP contribution in [0.1, 0.15) is 22.3 Å². The van der Waals surface area contributed by atoms with E-state index in [1.807, 2.05) is 34.5 Å². The number of piperazine rings is 1. The number of ether oxygens (including phenoxy) is 2. The van der Waals surface area contributed by atoms with E-state index in [9.17, 15) is 9.59 Å². The van der Waals surface area contributed by atoms with Crippen LogP contribution in [0, 0.1) is 0 Å². The van der Waals surface area contributed by atoms with Crippen LogP contribution in [0.3, 0.4) is 0 Å². The SMILES string of the molecule is C=CC(=O)N1CCCc2c(Oc3nc(Oc4ccc(C(=O)N5CCN(C)CC5)cc4)nc4ccsc34)cccc21. The lowest BCUT2D eigenvalue weighted by molar-refractivity contribution is -0.114. The molecule has 0 radical (unpaired) electrons. The van der Waals surface area contributed by atoms with Crippen LogP contribution < -0.4 is 14.4 Å². The number of aromatic nitrogens is 2. The average molecular weight is 556 g/mol. The lowest BCUT2D eigenvalue weighted by Crippen LogP contribution is -2.47. The number of amides is 2. The first kappa shape index (κ1) is 26.0. The lowest BCUT2D eigenvalue weighted by Gasteiger charge is -2.32. The zero-order chi connectivity index (χ0) is 27.6. The van der Waals surface area contributed by atoms with E-state index in [0.29, 0.717) is 35.0 Å². The highest BCUT2D eigenvalue weighted by Gasteiger charge is 2.25. The first-order valence-electron chi connectivity index (χ1n) is 13.2. The van der Waals surface area contributed by atoms with E-state index in [1.165, 1.54) is 17.4 Å². The third-order valence-electron chi connectivity index (χ3n) is 7.21. The Morgan fingerprint density at radius 1 is 0.975 bits per heavy atom. The number of likely N-dealkylation sites (N-methyl/N-ethyl adjacent to an activating group) is 1. The predicted molar refractivity (Wildman–Crippen MR) is 155 cm³/mol. The van der Waals surface area contributed by atoms with Gasteiger partial charge in [-0.1, -0.05) is 12.6 Å². The first-order chi connectivity index (χ1) is 19.5. The highest BCUT2D eigenvalue weighted by molar-refractivity contribution is 7.17. The van der Waals surface area contributed by atoms with Crippen molar-refractivity contribution in [2.45, 2.75) is 12.8 Å². The molecule has 0 N–H and O–H groups in total. The average Bonchev–Trinajstić information content (AvgIpc) is 3.46. The van der Waals surface area contributed by atoms with E-state index in [1.54, 1.807) is 29.2 Å². The highest BCUT2D eigenvalue weighted by atomic mass is 32.1.